The van der Waals surface area contributed by atoms with Crippen molar-refractivity contribution in [2.24, 2.45) is 4.40 Å². The first-order valence-corrected chi connectivity index (χ1v) is 6.08. The van der Waals surface area contributed by atoms with Crippen LogP contribution >= 0.6 is 33.4 Å². The van der Waals surface area contributed by atoms with Gasteiger partial charge in [0.05, 0.1) is 22.5 Å². The van der Waals surface area contributed by atoms with Crippen LogP contribution in [0.4, 0.5) is 0 Å². The Balaban J connectivity index is 2.97. The Bertz CT molecular complexity index is 359. The monoisotopic (exact) mass is 248 g/mol. The van der Waals surface area contributed by atoms with Crippen LogP contribution in [0.3, 0.4) is 0 Å². The summed E-state index contributed by atoms with van der Waals surface area (Å²) in [5.41, 5.74) is -0.0874. The number of esters is 1. The van der Waals surface area contributed by atoms with Gasteiger partial charge in [-0.2, -0.15) is 9.66 Å². The van der Waals surface area contributed by atoms with Crippen LogP contribution in [0.2, 0.25) is 0 Å². The molecular formula is C7H5ClN2O2S2. The second kappa shape index (κ2) is 5.29. The molecule has 7 heteroatoms. The highest BCUT2D eigenvalue weighted by Crippen LogP contribution is 2.42. The van der Waals surface area contributed by atoms with Crippen molar-refractivity contribution >= 4 is 44.5 Å². The molecule has 0 bridgehead atoms. The molecule has 0 unspecified atom stereocenters. The third-order valence-corrected chi connectivity index (χ3v) is 3.57. The minimum atomic E-state index is -0.659. The fourth-order valence-corrected chi connectivity index (χ4v) is 2.97. The number of hydrogen-bond donors (Lipinski definition) is 0. The van der Waals surface area contributed by atoms with Crippen LogP contribution in [-0.2, 0) is 9.53 Å². The summed E-state index contributed by atoms with van der Waals surface area (Å²) in [5, 5.41) is 8.93. The predicted octanol–water partition coefficient (Wildman–Crippen LogP) is 2.27. The van der Waals surface area contributed by atoms with Gasteiger partial charge in [0.15, 0.2) is 10.7 Å². The van der Waals surface area contributed by atoms with E-state index < -0.39 is 5.97 Å². The number of allylic oxidation sites excluding steroid dienone is 1. The van der Waals surface area contributed by atoms with Crippen LogP contribution in [0.1, 0.15) is 6.92 Å². The van der Waals surface area contributed by atoms with E-state index >= 15 is 0 Å². The smallest absolute Gasteiger partial charge is 0.350 e. The molecular weight excluding hydrogens is 244 g/mol. The van der Waals surface area contributed by atoms with Gasteiger partial charge < -0.3 is 4.74 Å². The van der Waals surface area contributed by atoms with Gasteiger partial charge in [-0.05, 0) is 17.7 Å². The molecule has 0 aromatic heterocycles. The number of ether oxygens (including phenoxy) is 1. The Kier molecular flexibility index (Phi) is 4.32. The van der Waals surface area contributed by atoms with Crippen molar-refractivity contribution in [3.05, 3.63) is 10.5 Å². The maximum atomic E-state index is 11.3. The highest BCUT2D eigenvalue weighted by atomic mass is 35.5. The van der Waals surface area contributed by atoms with Crippen molar-refractivity contribution in [3.8, 4) is 6.07 Å². The number of rotatable bonds is 2. The first-order valence-electron chi connectivity index (χ1n) is 3.59. The average molecular weight is 249 g/mol. The van der Waals surface area contributed by atoms with Gasteiger partial charge in [-0.3, -0.25) is 0 Å². The highest BCUT2D eigenvalue weighted by Gasteiger charge is 2.24. The summed E-state index contributed by atoms with van der Waals surface area (Å²) in [4.78, 5) is 11.6. The topological polar surface area (TPSA) is 62.5 Å². The van der Waals surface area contributed by atoms with Crippen LogP contribution in [0.25, 0.3) is 0 Å². The van der Waals surface area contributed by atoms with E-state index in [0.29, 0.717) is 4.91 Å². The molecule has 0 fully saturated rings. The van der Waals surface area contributed by atoms with Crippen LogP contribution in [-0.4, -0.2) is 17.7 Å². The van der Waals surface area contributed by atoms with Crippen LogP contribution in [0.15, 0.2) is 14.9 Å². The van der Waals surface area contributed by atoms with Crippen molar-refractivity contribution < 1.29 is 9.53 Å². The molecule has 4 nitrogen and oxygen atoms in total. The number of carbonyl (C=O) groups is 1. The fraction of sp³-hybridized carbons (Fsp3) is 0.286. The lowest BCUT2D eigenvalue weighted by Crippen LogP contribution is -2.09. The standard InChI is InChI=1S/C7H5ClN2O2S2/c1-2-12-7(11)4(3-9)5-6(8)10-14-13-5/h2H2,1H3/b5-4+. The molecule has 0 amide bonds. The second-order valence-corrected chi connectivity index (χ2v) is 4.29. The third-order valence-electron chi connectivity index (χ3n) is 1.24. The zero-order valence-corrected chi connectivity index (χ0v) is 9.50. The molecule has 14 heavy (non-hydrogen) atoms. The summed E-state index contributed by atoms with van der Waals surface area (Å²) in [6.07, 6.45) is 0. The van der Waals surface area contributed by atoms with Crippen LogP contribution in [0.5, 0.6) is 0 Å². The summed E-state index contributed by atoms with van der Waals surface area (Å²) < 4.78 is 8.47. The van der Waals surface area contributed by atoms with Crippen molar-refractivity contribution in [1.29, 1.82) is 5.26 Å². The lowest BCUT2D eigenvalue weighted by atomic mass is 10.3. The third kappa shape index (κ3) is 2.44. The van der Waals surface area contributed by atoms with Gasteiger partial charge in [-0.15, -0.1) is 0 Å². The molecule has 1 aliphatic heterocycles. The average Bonchev–Trinajstić information content (AvgIpc) is 2.54. The van der Waals surface area contributed by atoms with E-state index in [1.165, 1.54) is 10.8 Å². The number of carbonyl (C=O) groups excluding carboxylic acids is 1. The van der Waals surface area contributed by atoms with E-state index in [1.54, 1.807) is 13.0 Å². The SMILES string of the molecule is CCOC(=O)/C(C#N)=C1/SSN=C1Cl. The van der Waals surface area contributed by atoms with Gasteiger partial charge in [-0.1, -0.05) is 11.6 Å². The lowest BCUT2D eigenvalue weighted by molar-refractivity contribution is -0.138. The predicted molar refractivity (Wildman–Crippen MR) is 57.7 cm³/mol. The Hall–Kier alpha value is -0.640. The number of halogens is 1. The summed E-state index contributed by atoms with van der Waals surface area (Å²) in [5.74, 6) is -0.659. The van der Waals surface area contributed by atoms with Gasteiger partial charge in [0.2, 0.25) is 0 Å². The molecule has 1 heterocycles. The normalized spacial score (nSPS) is 18.5. The molecule has 1 aliphatic rings. The highest BCUT2D eigenvalue weighted by molar-refractivity contribution is 8.78. The zero-order chi connectivity index (χ0) is 10.6. The lowest BCUT2D eigenvalue weighted by Gasteiger charge is -2.01. The minimum absolute atomic E-state index is 0.0874. The first-order chi connectivity index (χ1) is 6.70. The fourth-order valence-electron chi connectivity index (χ4n) is 0.702. The Morgan fingerprint density at radius 3 is 2.93 bits per heavy atom. The number of nitrogens with zero attached hydrogens (tertiary/aromatic N) is 2. The summed E-state index contributed by atoms with van der Waals surface area (Å²) >= 11 is 5.69. The summed E-state index contributed by atoms with van der Waals surface area (Å²) in [6.45, 7) is 1.90. The van der Waals surface area contributed by atoms with Crippen molar-refractivity contribution in [3.63, 3.8) is 0 Å². The van der Waals surface area contributed by atoms with Gasteiger partial charge in [-0.25, -0.2) is 4.79 Å². The molecule has 0 aromatic carbocycles. The van der Waals surface area contributed by atoms with E-state index in [1.807, 2.05) is 0 Å². The Morgan fingerprint density at radius 2 is 2.50 bits per heavy atom. The summed E-state index contributed by atoms with van der Waals surface area (Å²) in [6, 6.07) is 1.76. The molecule has 0 radical (unpaired) electrons. The molecule has 0 aromatic rings. The van der Waals surface area contributed by atoms with Gasteiger partial charge >= 0.3 is 5.97 Å². The Labute approximate surface area is 93.9 Å². The van der Waals surface area contributed by atoms with Crippen molar-refractivity contribution in [2.45, 2.75) is 6.92 Å². The maximum Gasteiger partial charge on any atom is 0.350 e. The van der Waals surface area contributed by atoms with Crippen molar-refractivity contribution in [2.75, 3.05) is 6.61 Å². The van der Waals surface area contributed by atoms with Gasteiger partial charge in [0, 0.05) is 0 Å². The molecule has 0 saturated heterocycles. The molecule has 0 N–H and O–H groups in total. The number of nitriles is 1. The van der Waals surface area contributed by atoms with Gasteiger partial charge in [0.1, 0.15) is 6.07 Å². The zero-order valence-electron chi connectivity index (χ0n) is 7.11. The van der Waals surface area contributed by atoms with E-state index in [4.69, 9.17) is 21.6 Å². The van der Waals surface area contributed by atoms with Crippen molar-refractivity contribution in [1.82, 2.24) is 0 Å². The van der Waals surface area contributed by atoms with Crippen LogP contribution < -0.4 is 0 Å². The number of hydrogen-bond acceptors (Lipinski definition) is 6. The molecule has 1 rings (SSSR count). The maximum absolute atomic E-state index is 11.3. The minimum Gasteiger partial charge on any atom is -0.462 e. The molecule has 0 aliphatic carbocycles. The van der Waals surface area contributed by atoms with Gasteiger partial charge in [0.25, 0.3) is 0 Å². The molecule has 0 spiro atoms. The first kappa shape index (κ1) is 11.4. The van der Waals surface area contributed by atoms with E-state index in [9.17, 15) is 4.79 Å². The van der Waals surface area contributed by atoms with E-state index in [-0.39, 0.29) is 17.4 Å². The van der Waals surface area contributed by atoms with E-state index in [0.717, 1.165) is 11.0 Å². The quantitative estimate of drug-likeness (QED) is 0.247. The molecule has 0 atom stereocenters. The summed E-state index contributed by atoms with van der Waals surface area (Å²) in [7, 11) is 2.30. The Morgan fingerprint density at radius 1 is 1.79 bits per heavy atom. The molecule has 74 valence electrons. The molecule has 0 saturated carbocycles. The largest absolute Gasteiger partial charge is 0.462 e. The van der Waals surface area contributed by atoms with Crippen LogP contribution in [0, 0.1) is 11.3 Å². The second-order valence-electron chi connectivity index (χ2n) is 2.08. The van der Waals surface area contributed by atoms with E-state index in [2.05, 4.69) is 4.40 Å².